The summed E-state index contributed by atoms with van der Waals surface area (Å²) in [4.78, 5) is 53.4. The molecule has 0 heterocycles. The number of rotatable bonds is 4. The van der Waals surface area contributed by atoms with Crippen LogP contribution in [0.25, 0.3) is 0 Å². The smallest absolute Gasteiger partial charge is 0.339 e. The van der Waals surface area contributed by atoms with Gasteiger partial charge in [0.15, 0.2) is 5.78 Å². The zero-order valence-electron chi connectivity index (χ0n) is 30.5. The van der Waals surface area contributed by atoms with Gasteiger partial charge in [0, 0.05) is 12.0 Å². The number of benzene rings is 1. The summed E-state index contributed by atoms with van der Waals surface area (Å²) in [7, 11) is 2.81. The number of amides is 2. The molecule has 9 atom stereocenters. The second-order valence-electron chi connectivity index (χ2n) is 17.8. The van der Waals surface area contributed by atoms with E-state index >= 15 is 0 Å². The zero-order valence-corrected chi connectivity index (χ0v) is 30.5. The molecule has 4 saturated carbocycles. The van der Waals surface area contributed by atoms with Crippen LogP contribution >= 0.6 is 0 Å². The molecule has 2 N–H and O–H groups in total. The maximum absolute atomic E-state index is 14.7. The summed E-state index contributed by atoms with van der Waals surface area (Å²) in [5, 5.41) is 6.14. The molecule has 5 aliphatic rings. The van der Waals surface area contributed by atoms with E-state index in [-0.39, 0.29) is 68.7 Å². The van der Waals surface area contributed by atoms with Crippen LogP contribution in [0.2, 0.25) is 0 Å². The molecule has 1 aromatic rings. The number of esters is 2. The predicted molar refractivity (Wildman–Crippen MR) is 185 cm³/mol. The molecule has 8 nitrogen and oxygen atoms in total. The van der Waals surface area contributed by atoms with E-state index < -0.39 is 11.4 Å². The lowest BCUT2D eigenvalue weighted by atomic mass is 9.33. The van der Waals surface area contributed by atoms with Gasteiger partial charge in [-0.15, -0.1) is 0 Å². The third kappa shape index (κ3) is 4.89. The Balaban J connectivity index is 1.28. The number of hydrogen-bond donors (Lipinski definition) is 2. The van der Waals surface area contributed by atoms with Crippen molar-refractivity contribution in [3.8, 4) is 0 Å². The fourth-order valence-corrected chi connectivity index (χ4v) is 12.1. The summed E-state index contributed by atoms with van der Waals surface area (Å²) in [6.45, 7) is 16.1. The highest BCUT2D eigenvalue weighted by molar-refractivity contribution is 6.01. The predicted octanol–water partition coefficient (Wildman–Crippen LogP) is 8.12. The molecule has 0 aliphatic heterocycles. The minimum Gasteiger partial charge on any atom is -0.469 e. The minimum absolute atomic E-state index is 0.0765. The van der Waals surface area contributed by atoms with Crippen LogP contribution in [-0.4, -0.2) is 44.0 Å². The second kappa shape index (κ2) is 11.4. The third-order valence-electron chi connectivity index (χ3n) is 15.2. The molecule has 4 fully saturated rings. The summed E-state index contributed by atoms with van der Waals surface area (Å²) >= 11 is 0. The number of urea groups is 1. The van der Waals surface area contributed by atoms with E-state index in [1.807, 2.05) is 0 Å². The number of para-hydroxylation sites is 1. The van der Waals surface area contributed by atoms with Crippen LogP contribution in [0.3, 0.4) is 0 Å². The average molecular weight is 661 g/mol. The number of methoxy groups -OCH3 is 2. The fourth-order valence-electron chi connectivity index (χ4n) is 12.1. The molecule has 1 unspecified atom stereocenters. The van der Waals surface area contributed by atoms with Gasteiger partial charge in [0.1, 0.15) is 0 Å². The monoisotopic (exact) mass is 660 g/mol. The molecule has 6 rings (SSSR count). The number of ketones is 1. The topological polar surface area (TPSA) is 111 Å². The molecule has 262 valence electrons. The number of hydrogen-bond acceptors (Lipinski definition) is 6. The van der Waals surface area contributed by atoms with Crippen molar-refractivity contribution in [3.63, 3.8) is 0 Å². The molecule has 0 aromatic heterocycles. The zero-order chi connectivity index (χ0) is 35.1. The highest BCUT2D eigenvalue weighted by Gasteiger charge is 2.70. The molecular formula is C40H56N2O6. The van der Waals surface area contributed by atoms with Gasteiger partial charge in [-0.1, -0.05) is 59.2 Å². The first-order valence-electron chi connectivity index (χ1n) is 18.0. The number of ether oxygens (including phenoxy) is 2. The van der Waals surface area contributed by atoms with E-state index in [0.717, 1.165) is 57.8 Å². The number of allylic oxidation sites excluding steroid dienone is 2. The number of anilines is 1. The van der Waals surface area contributed by atoms with E-state index in [0.29, 0.717) is 11.3 Å². The molecular weight excluding hydrogens is 604 g/mol. The minimum atomic E-state index is -0.536. The highest BCUT2D eigenvalue weighted by atomic mass is 16.5. The third-order valence-corrected chi connectivity index (χ3v) is 15.2. The Morgan fingerprint density at radius 1 is 0.833 bits per heavy atom. The number of fused-ring (bicyclic) bond motifs is 7. The van der Waals surface area contributed by atoms with E-state index in [2.05, 4.69) is 65.2 Å². The first kappa shape index (κ1) is 34.7. The highest BCUT2D eigenvalue weighted by Crippen LogP contribution is 2.75. The Labute approximate surface area is 286 Å². The van der Waals surface area contributed by atoms with E-state index in [9.17, 15) is 19.2 Å². The van der Waals surface area contributed by atoms with Crippen molar-refractivity contribution in [3.05, 3.63) is 41.5 Å². The second-order valence-corrected chi connectivity index (χ2v) is 17.8. The molecule has 2 amide bonds. The van der Waals surface area contributed by atoms with Crippen LogP contribution in [0, 0.1) is 50.2 Å². The Kier molecular flexibility index (Phi) is 8.27. The van der Waals surface area contributed by atoms with Crippen LogP contribution < -0.4 is 10.6 Å². The standard InChI is InChI=1S/C40H56N2O6/c1-35(2)29-14-17-40(7)31(38(29,5)16-15-30(35)42-34(46)41-27-13-11-10-12-24(27)32(44)47-8)28(43)22-25-26-23-37(4,33(45)48-9)19-18-36(26,3)20-21-39(25,40)6/h10-13,22,26,29-31H,14-21,23H2,1-9H3,(H2,41,42,46)/t26-,29+,30?,31-,36-,37+,38+,39-,40-/m1/s1. The van der Waals surface area contributed by atoms with Gasteiger partial charge >= 0.3 is 18.0 Å². The molecule has 0 spiro atoms. The molecule has 0 saturated heterocycles. The maximum atomic E-state index is 14.7. The normalized spacial score (nSPS) is 41.3. The largest absolute Gasteiger partial charge is 0.469 e. The van der Waals surface area contributed by atoms with Gasteiger partial charge in [-0.2, -0.15) is 0 Å². The van der Waals surface area contributed by atoms with Crippen molar-refractivity contribution < 1.29 is 28.7 Å². The Morgan fingerprint density at radius 3 is 2.21 bits per heavy atom. The van der Waals surface area contributed by atoms with Crippen LogP contribution in [0.5, 0.6) is 0 Å². The van der Waals surface area contributed by atoms with Gasteiger partial charge in [0.25, 0.3) is 0 Å². The summed E-state index contributed by atoms with van der Waals surface area (Å²) in [6.07, 6.45) is 10.3. The van der Waals surface area contributed by atoms with Gasteiger partial charge in [-0.05, 0) is 122 Å². The van der Waals surface area contributed by atoms with E-state index in [4.69, 9.17) is 9.47 Å². The molecule has 5 aliphatic carbocycles. The molecule has 8 heteroatoms. The van der Waals surface area contributed by atoms with Crippen molar-refractivity contribution in [1.82, 2.24) is 5.32 Å². The number of carbonyl (C=O) groups is 4. The van der Waals surface area contributed by atoms with Crippen molar-refractivity contribution >= 4 is 29.4 Å². The molecule has 48 heavy (non-hydrogen) atoms. The Hall–Kier alpha value is -3.16. The van der Waals surface area contributed by atoms with Gasteiger partial charge in [0.05, 0.1) is 30.9 Å². The fraction of sp³-hybridized carbons (Fsp3) is 0.700. The van der Waals surface area contributed by atoms with Crippen molar-refractivity contribution in [2.24, 2.45) is 50.2 Å². The Bertz CT molecular complexity index is 1570. The average Bonchev–Trinajstić information content (AvgIpc) is 3.03. The van der Waals surface area contributed by atoms with Crippen LogP contribution in [0.1, 0.15) is 117 Å². The van der Waals surface area contributed by atoms with Crippen molar-refractivity contribution in [1.29, 1.82) is 0 Å². The van der Waals surface area contributed by atoms with E-state index in [1.54, 1.807) is 24.3 Å². The SMILES string of the molecule is COC(=O)c1ccccc1NC(=O)NC1CC[C@]2(C)[C@H]3C(=O)C=C4[C@H]5C[C@@](C)(C(=O)OC)CC[C@]5(C)CC[C@@]4(C)[C@]3(C)CC[C@H]2C1(C)C. The maximum Gasteiger partial charge on any atom is 0.339 e. The molecule has 0 bridgehead atoms. The lowest BCUT2D eigenvalue weighted by Gasteiger charge is -2.70. The number of nitrogens with one attached hydrogen (secondary N) is 2. The van der Waals surface area contributed by atoms with Gasteiger partial charge in [0.2, 0.25) is 0 Å². The lowest BCUT2D eigenvalue weighted by Crippen LogP contribution is -2.67. The summed E-state index contributed by atoms with van der Waals surface area (Å²) in [6, 6.07) is 6.40. The number of carbonyl (C=O) groups excluding carboxylic acids is 4. The Morgan fingerprint density at radius 2 is 1.52 bits per heavy atom. The molecule has 1 aromatic carbocycles. The van der Waals surface area contributed by atoms with Crippen molar-refractivity contribution in [2.75, 3.05) is 19.5 Å². The van der Waals surface area contributed by atoms with Crippen LogP contribution in [0.4, 0.5) is 10.5 Å². The van der Waals surface area contributed by atoms with Crippen molar-refractivity contribution in [2.45, 2.75) is 112 Å². The quantitative estimate of drug-likeness (QED) is 0.316. The van der Waals surface area contributed by atoms with Gasteiger partial charge in [-0.3, -0.25) is 9.59 Å². The summed E-state index contributed by atoms with van der Waals surface area (Å²) in [5.41, 5.74) is 0.712. The van der Waals surface area contributed by atoms with Crippen LogP contribution in [0.15, 0.2) is 35.9 Å². The summed E-state index contributed by atoms with van der Waals surface area (Å²) < 4.78 is 10.2. The summed E-state index contributed by atoms with van der Waals surface area (Å²) in [5.74, 6) is -0.0783. The van der Waals surface area contributed by atoms with Crippen LogP contribution in [-0.2, 0) is 19.1 Å². The first-order valence-corrected chi connectivity index (χ1v) is 18.0. The molecule has 0 radical (unpaired) electrons. The lowest BCUT2D eigenvalue weighted by molar-refractivity contribution is -0.189. The van der Waals surface area contributed by atoms with Gasteiger partial charge < -0.3 is 20.1 Å². The van der Waals surface area contributed by atoms with Gasteiger partial charge in [-0.25, -0.2) is 9.59 Å². The first-order chi connectivity index (χ1) is 22.4. The van der Waals surface area contributed by atoms with E-state index in [1.165, 1.54) is 19.8 Å².